The maximum absolute atomic E-state index is 9.65. The first-order chi connectivity index (χ1) is 6.74. The molecular formula is C11H16N2O. The Balaban J connectivity index is 2.49. The molecule has 1 aliphatic rings. The first-order valence-corrected chi connectivity index (χ1v) is 5.03. The first kappa shape index (κ1) is 9.49. The minimum atomic E-state index is 0.0821. The van der Waals surface area contributed by atoms with Crippen molar-refractivity contribution in [2.24, 2.45) is 11.5 Å². The molecule has 5 N–H and O–H groups in total. The van der Waals surface area contributed by atoms with Gasteiger partial charge in [-0.3, -0.25) is 0 Å². The van der Waals surface area contributed by atoms with E-state index in [0.29, 0.717) is 12.3 Å². The lowest BCUT2D eigenvalue weighted by Crippen LogP contribution is -2.11. The van der Waals surface area contributed by atoms with Crippen LogP contribution < -0.4 is 11.5 Å². The summed E-state index contributed by atoms with van der Waals surface area (Å²) >= 11 is 0. The van der Waals surface area contributed by atoms with Gasteiger partial charge in [0.1, 0.15) is 5.75 Å². The van der Waals surface area contributed by atoms with Crippen LogP contribution in [0.4, 0.5) is 0 Å². The minimum absolute atomic E-state index is 0.0821. The number of fused-ring (bicyclic) bond motifs is 1. The van der Waals surface area contributed by atoms with Crippen molar-refractivity contribution >= 4 is 0 Å². The molecule has 0 amide bonds. The van der Waals surface area contributed by atoms with Crippen molar-refractivity contribution in [3.63, 3.8) is 0 Å². The molecule has 0 unspecified atom stereocenters. The van der Waals surface area contributed by atoms with Crippen LogP contribution in [-0.4, -0.2) is 11.7 Å². The predicted octanol–water partition coefficient (Wildman–Crippen LogP) is 0.839. The Morgan fingerprint density at radius 3 is 2.93 bits per heavy atom. The Bertz CT molecular complexity index is 349. The van der Waals surface area contributed by atoms with Gasteiger partial charge in [-0.2, -0.15) is 0 Å². The highest BCUT2D eigenvalue weighted by molar-refractivity contribution is 5.49. The molecule has 76 valence electrons. The van der Waals surface area contributed by atoms with Gasteiger partial charge >= 0.3 is 0 Å². The zero-order valence-electron chi connectivity index (χ0n) is 8.16. The van der Waals surface area contributed by atoms with E-state index in [-0.39, 0.29) is 6.04 Å². The quantitative estimate of drug-likeness (QED) is 0.650. The fraction of sp³-hybridized carbons (Fsp3) is 0.455. The van der Waals surface area contributed by atoms with Crippen LogP contribution in [0.25, 0.3) is 0 Å². The van der Waals surface area contributed by atoms with Crippen LogP contribution in [0.2, 0.25) is 0 Å². The maximum Gasteiger partial charge on any atom is 0.119 e. The number of phenols is 1. The zero-order valence-corrected chi connectivity index (χ0v) is 8.16. The lowest BCUT2D eigenvalue weighted by Gasteiger charge is -2.12. The van der Waals surface area contributed by atoms with Gasteiger partial charge in [-0.25, -0.2) is 0 Å². The van der Waals surface area contributed by atoms with Gasteiger partial charge in [-0.1, -0.05) is 6.07 Å². The van der Waals surface area contributed by atoms with Crippen molar-refractivity contribution in [1.29, 1.82) is 0 Å². The lowest BCUT2D eigenvalue weighted by molar-refractivity contribution is 0.469. The molecule has 0 spiro atoms. The van der Waals surface area contributed by atoms with E-state index in [1.165, 1.54) is 5.56 Å². The second-order valence-electron chi connectivity index (χ2n) is 3.82. The topological polar surface area (TPSA) is 72.3 Å². The molecule has 0 aromatic heterocycles. The molecule has 1 aromatic carbocycles. The fourth-order valence-electron chi connectivity index (χ4n) is 2.24. The number of benzene rings is 1. The first-order valence-electron chi connectivity index (χ1n) is 5.03. The van der Waals surface area contributed by atoms with Crippen molar-refractivity contribution in [1.82, 2.24) is 0 Å². The molecule has 0 heterocycles. The van der Waals surface area contributed by atoms with Crippen molar-refractivity contribution in [2.75, 3.05) is 6.54 Å². The van der Waals surface area contributed by atoms with Crippen LogP contribution >= 0.6 is 0 Å². The van der Waals surface area contributed by atoms with Gasteiger partial charge in [0, 0.05) is 6.04 Å². The van der Waals surface area contributed by atoms with Crippen molar-refractivity contribution in [2.45, 2.75) is 25.3 Å². The number of aromatic hydroxyl groups is 1. The van der Waals surface area contributed by atoms with Crippen molar-refractivity contribution in [3.05, 3.63) is 28.8 Å². The second-order valence-corrected chi connectivity index (χ2v) is 3.82. The summed E-state index contributed by atoms with van der Waals surface area (Å²) in [6, 6.07) is 3.77. The molecule has 0 bridgehead atoms. The SMILES string of the molecule is NCCc1ccc(O)c2c1[C@H](N)CC2. The van der Waals surface area contributed by atoms with Gasteiger partial charge in [0.15, 0.2) is 0 Å². The average molecular weight is 192 g/mol. The number of hydrogen-bond acceptors (Lipinski definition) is 3. The maximum atomic E-state index is 9.65. The molecule has 1 aliphatic carbocycles. The molecule has 0 saturated carbocycles. The Kier molecular flexibility index (Phi) is 2.44. The van der Waals surface area contributed by atoms with Gasteiger partial charge in [0.05, 0.1) is 0 Å². The summed E-state index contributed by atoms with van der Waals surface area (Å²) in [7, 11) is 0. The van der Waals surface area contributed by atoms with E-state index in [0.717, 1.165) is 30.4 Å². The molecule has 1 atom stereocenters. The van der Waals surface area contributed by atoms with Crippen LogP contribution in [-0.2, 0) is 12.8 Å². The highest BCUT2D eigenvalue weighted by atomic mass is 16.3. The van der Waals surface area contributed by atoms with Crippen LogP contribution in [0.1, 0.15) is 29.2 Å². The second kappa shape index (κ2) is 3.59. The summed E-state index contributed by atoms with van der Waals surface area (Å²) in [6.07, 6.45) is 2.67. The average Bonchev–Trinajstić information content (AvgIpc) is 2.55. The number of rotatable bonds is 2. The summed E-state index contributed by atoms with van der Waals surface area (Å²) in [4.78, 5) is 0. The number of phenolic OH excluding ortho intramolecular Hbond substituents is 1. The summed E-state index contributed by atoms with van der Waals surface area (Å²) in [5, 5.41) is 9.65. The Labute approximate surface area is 83.7 Å². The third-order valence-electron chi connectivity index (χ3n) is 2.91. The molecular weight excluding hydrogens is 176 g/mol. The standard InChI is InChI=1S/C11H16N2O/c12-6-5-7-1-4-10(14)8-2-3-9(13)11(7)8/h1,4,9,14H,2-3,5-6,12-13H2/t9-/m1/s1. The van der Waals surface area contributed by atoms with E-state index in [2.05, 4.69) is 0 Å². The molecule has 0 radical (unpaired) electrons. The van der Waals surface area contributed by atoms with E-state index in [4.69, 9.17) is 11.5 Å². The van der Waals surface area contributed by atoms with Gasteiger partial charge in [0.2, 0.25) is 0 Å². The van der Waals surface area contributed by atoms with Gasteiger partial charge in [-0.05, 0) is 48.6 Å². The molecule has 0 aliphatic heterocycles. The molecule has 0 fully saturated rings. The Morgan fingerprint density at radius 2 is 2.21 bits per heavy atom. The fourth-order valence-corrected chi connectivity index (χ4v) is 2.24. The third-order valence-corrected chi connectivity index (χ3v) is 2.91. The lowest BCUT2D eigenvalue weighted by atomic mass is 9.98. The predicted molar refractivity (Wildman–Crippen MR) is 56.1 cm³/mol. The highest BCUT2D eigenvalue weighted by Crippen LogP contribution is 2.37. The molecule has 3 heteroatoms. The van der Waals surface area contributed by atoms with Crippen LogP contribution in [0.3, 0.4) is 0 Å². The summed E-state index contributed by atoms with van der Waals surface area (Å²) < 4.78 is 0. The van der Waals surface area contributed by atoms with E-state index in [9.17, 15) is 5.11 Å². The van der Waals surface area contributed by atoms with Crippen molar-refractivity contribution < 1.29 is 5.11 Å². The van der Waals surface area contributed by atoms with E-state index >= 15 is 0 Å². The van der Waals surface area contributed by atoms with Crippen LogP contribution in [0.15, 0.2) is 12.1 Å². The van der Waals surface area contributed by atoms with E-state index in [1.54, 1.807) is 6.07 Å². The molecule has 14 heavy (non-hydrogen) atoms. The molecule has 2 rings (SSSR count). The highest BCUT2D eigenvalue weighted by Gasteiger charge is 2.24. The summed E-state index contributed by atoms with van der Waals surface area (Å²) in [5.74, 6) is 0.383. The minimum Gasteiger partial charge on any atom is -0.508 e. The van der Waals surface area contributed by atoms with Gasteiger partial charge in [0.25, 0.3) is 0 Å². The molecule has 3 nitrogen and oxygen atoms in total. The normalized spacial score (nSPS) is 19.7. The molecule has 0 saturated heterocycles. The van der Waals surface area contributed by atoms with E-state index in [1.807, 2.05) is 6.07 Å². The van der Waals surface area contributed by atoms with E-state index < -0.39 is 0 Å². The number of nitrogens with two attached hydrogens (primary N) is 2. The Morgan fingerprint density at radius 1 is 1.43 bits per heavy atom. The third kappa shape index (κ3) is 1.38. The zero-order chi connectivity index (χ0) is 10.1. The summed E-state index contributed by atoms with van der Waals surface area (Å²) in [5.41, 5.74) is 14.9. The van der Waals surface area contributed by atoms with Crippen LogP contribution in [0, 0.1) is 0 Å². The van der Waals surface area contributed by atoms with Crippen LogP contribution in [0.5, 0.6) is 5.75 Å². The Hall–Kier alpha value is -1.06. The van der Waals surface area contributed by atoms with Gasteiger partial charge < -0.3 is 16.6 Å². The molecule has 1 aromatic rings. The monoisotopic (exact) mass is 192 g/mol. The van der Waals surface area contributed by atoms with Gasteiger partial charge in [-0.15, -0.1) is 0 Å². The summed E-state index contributed by atoms with van der Waals surface area (Å²) in [6.45, 7) is 0.629. The number of hydrogen-bond donors (Lipinski definition) is 3. The van der Waals surface area contributed by atoms with Crippen molar-refractivity contribution in [3.8, 4) is 5.75 Å². The largest absolute Gasteiger partial charge is 0.508 e. The smallest absolute Gasteiger partial charge is 0.119 e.